The number of rotatable bonds is 1. The zero-order valence-corrected chi connectivity index (χ0v) is 9.27. The first-order valence-electron chi connectivity index (χ1n) is 4.22. The standard InChI is InChI=1S/C10H7BrN4/c11-9-6-15(10(13)14-9)8-4-2-1-3-7(8)5-12/h1-4,6H,(H2,13,14). The molecule has 0 aliphatic carbocycles. The van der Waals surface area contributed by atoms with Gasteiger partial charge in [-0.3, -0.25) is 4.57 Å². The van der Waals surface area contributed by atoms with Crippen molar-refractivity contribution in [2.24, 2.45) is 0 Å². The van der Waals surface area contributed by atoms with Crippen LogP contribution < -0.4 is 5.73 Å². The first-order chi connectivity index (χ1) is 7.22. The number of anilines is 1. The van der Waals surface area contributed by atoms with Crippen molar-refractivity contribution in [3.8, 4) is 11.8 Å². The molecule has 2 N–H and O–H groups in total. The molecule has 0 atom stereocenters. The summed E-state index contributed by atoms with van der Waals surface area (Å²) >= 11 is 3.23. The third-order valence-corrected chi connectivity index (χ3v) is 2.37. The van der Waals surface area contributed by atoms with Gasteiger partial charge in [-0.15, -0.1) is 0 Å². The largest absolute Gasteiger partial charge is 0.369 e. The van der Waals surface area contributed by atoms with Gasteiger partial charge in [0, 0.05) is 6.20 Å². The number of hydrogen-bond donors (Lipinski definition) is 1. The number of nitrogens with two attached hydrogens (primary N) is 1. The lowest BCUT2D eigenvalue weighted by atomic mass is 10.2. The van der Waals surface area contributed by atoms with Crippen LogP contribution in [-0.2, 0) is 0 Å². The van der Waals surface area contributed by atoms with Crippen molar-refractivity contribution < 1.29 is 0 Å². The van der Waals surface area contributed by atoms with Gasteiger partial charge in [-0.25, -0.2) is 4.98 Å². The molecule has 0 saturated carbocycles. The number of imidazole rings is 1. The van der Waals surface area contributed by atoms with Crippen molar-refractivity contribution in [3.05, 3.63) is 40.6 Å². The first kappa shape index (κ1) is 9.74. The van der Waals surface area contributed by atoms with Crippen LogP contribution in [0.15, 0.2) is 35.1 Å². The fourth-order valence-corrected chi connectivity index (χ4v) is 1.72. The molecule has 0 saturated heterocycles. The molecule has 0 aliphatic heterocycles. The number of para-hydroxylation sites is 1. The molecule has 0 spiro atoms. The topological polar surface area (TPSA) is 67.6 Å². The van der Waals surface area contributed by atoms with Crippen molar-refractivity contribution in [3.63, 3.8) is 0 Å². The Morgan fingerprint density at radius 2 is 2.13 bits per heavy atom. The summed E-state index contributed by atoms with van der Waals surface area (Å²) in [5.41, 5.74) is 7.01. The molecule has 4 nitrogen and oxygen atoms in total. The summed E-state index contributed by atoms with van der Waals surface area (Å²) < 4.78 is 2.32. The smallest absolute Gasteiger partial charge is 0.205 e. The van der Waals surface area contributed by atoms with E-state index in [-0.39, 0.29) is 0 Å². The van der Waals surface area contributed by atoms with Gasteiger partial charge in [-0.05, 0) is 28.1 Å². The van der Waals surface area contributed by atoms with E-state index >= 15 is 0 Å². The maximum Gasteiger partial charge on any atom is 0.205 e. The zero-order valence-electron chi connectivity index (χ0n) is 7.68. The van der Waals surface area contributed by atoms with Crippen molar-refractivity contribution in [1.82, 2.24) is 9.55 Å². The Bertz CT molecular complexity index is 539. The summed E-state index contributed by atoms with van der Waals surface area (Å²) in [6.07, 6.45) is 1.73. The number of nitrogen functional groups attached to an aromatic ring is 1. The Morgan fingerprint density at radius 3 is 2.73 bits per heavy atom. The highest BCUT2D eigenvalue weighted by atomic mass is 79.9. The number of hydrogen-bond acceptors (Lipinski definition) is 3. The van der Waals surface area contributed by atoms with Crippen molar-refractivity contribution in [2.75, 3.05) is 5.73 Å². The lowest BCUT2D eigenvalue weighted by molar-refractivity contribution is 1.07. The van der Waals surface area contributed by atoms with E-state index in [2.05, 4.69) is 27.0 Å². The van der Waals surface area contributed by atoms with Gasteiger partial charge < -0.3 is 5.73 Å². The molecule has 0 unspecified atom stereocenters. The van der Waals surface area contributed by atoms with Gasteiger partial charge in [0.15, 0.2) is 0 Å². The first-order valence-corrected chi connectivity index (χ1v) is 5.01. The summed E-state index contributed by atoms with van der Waals surface area (Å²) in [5.74, 6) is 0.351. The Morgan fingerprint density at radius 1 is 1.40 bits per heavy atom. The van der Waals surface area contributed by atoms with E-state index in [1.54, 1.807) is 16.8 Å². The number of benzene rings is 1. The molecule has 1 heterocycles. The third-order valence-electron chi connectivity index (χ3n) is 1.99. The van der Waals surface area contributed by atoms with E-state index in [4.69, 9.17) is 11.0 Å². The summed E-state index contributed by atoms with van der Waals surface area (Å²) in [5, 5.41) is 8.94. The lowest BCUT2D eigenvalue weighted by Crippen LogP contribution is -2.01. The van der Waals surface area contributed by atoms with E-state index in [0.717, 1.165) is 5.69 Å². The predicted octanol–water partition coefficient (Wildman–Crippen LogP) is 2.09. The maximum atomic E-state index is 8.94. The van der Waals surface area contributed by atoms with Crippen LogP contribution in [-0.4, -0.2) is 9.55 Å². The maximum absolute atomic E-state index is 8.94. The van der Waals surface area contributed by atoms with Crippen molar-refractivity contribution in [1.29, 1.82) is 5.26 Å². The fraction of sp³-hybridized carbons (Fsp3) is 0. The molecule has 1 aromatic heterocycles. The second-order valence-corrected chi connectivity index (χ2v) is 3.73. The second-order valence-electron chi connectivity index (χ2n) is 2.92. The van der Waals surface area contributed by atoms with Gasteiger partial charge in [-0.1, -0.05) is 12.1 Å². The average Bonchev–Trinajstić information content (AvgIpc) is 2.57. The third kappa shape index (κ3) is 1.72. The van der Waals surface area contributed by atoms with Gasteiger partial charge in [0.1, 0.15) is 10.7 Å². The van der Waals surface area contributed by atoms with E-state index in [1.807, 2.05) is 18.2 Å². The second kappa shape index (κ2) is 3.75. The molecule has 5 heteroatoms. The zero-order chi connectivity index (χ0) is 10.8. The molecule has 0 amide bonds. The van der Waals surface area contributed by atoms with Gasteiger partial charge in [0.2, 0.25) is 5.95 Å². The minimum absolute atomic E-state index is 0.351. The van der Waals surface area contributed by atoms with Gasteiger partial charge in [-0.2, -0.15) is 5.26 Å². The van der Waals surface area contributed by atoms with E-state index in [0.29, 0.717) is 16.1 Å². The summed E-state index contributed by atoms with van der Waals surface area (Å²) in [6.45, 7) is 0. The highest BCUT2D eigenvalue weighted by Crippen LogP contribution is 2.20. The quantitative estimate of drug-likeness (QED) is 0.856. The Labute approximate surface area is 95.1 Å². The van der Waals surface area contributed by atoms with Crippen LogP contribution in [0.1, 0.15) is 5.56 Å². The van der Waals surface area contributed by atoms with Crippen LogP contribution in [0, 0.1) is 11.3 Å². The van der Waals surface area contributed by atoms with Crippen LogP contribution in [0.3, 0.4) is 0 Å². The van der Waals surface area contributed by atoms with Crippen molar-refractivity contribution >= 4 is 21.9 Å². The molecule has 0 fully saturated rings. The highest BCUT2D eigenvalue weighted by Gasteiger charge is 2.08. The minimum atomic E-state index is 0.351. The van der Waals surface area contributed by atoms with Crippen molar-refractivity contribution in [2.45, 2.75) is 0 Å². The molecular formula is C10H7BrN4. The molecule has 74 valence electrons. The fourth-order valence-electron chi connectivity index (χ4n) is 1.34. The number of aromatic nitrogens is 2. The van der Waals surface area contributed by atoms with Gasteiger partial charge >= 0.3 is 0 Å². The number of halogens is 1. The van der Waals surface area contributed by atoms with Gasteiger partial charge in [0.25, 0.3) is 0 Å². The van der Waals surface area contributed by atoms with Crippen LogP contribution in [0.25, 0.3) is 5.69 Å². The molecule has 0 radical (unpaired) electrons. The van der Waals surface area contributed by atoms with Crippen LogP contribution in [0.2, 0.25) is 0 Å². The van der Waals surface area contributed by atoms with E-state index in [1.165, 1.54) is 0 Å². The Balaban J connectivity index is 2.64. The summed E-state index contributed by atoms with van der Waals surface area (Å²) in [7, 11) is 0. The molecule has 0 bridgehead atoms. The van der Waals surface area contributed by atoms with Crippen LogP contribution in [0.4, 0.5) is 5.95 Å². The van der Waals surface area contributed by atoms with Gasteiger partial charge in [0.05, 0.1) is 11.3 Å². The van der Waals surface area contributed by atoms with Crippen LogP contribution >= 0.6 is 15.9 Å². The molecular weight excluding hydrogens is 256 g/mol. The lowest BCUT2D eigenvalue weighted by Gasteiger charge is -2.05. The predicted molar refractivity (Wildman–Crippen MR) is 60.4 cm³/mol. The summed E-state index contributed by atoms with van der Waals surface area (Å²) in [6, 6.07) is 9.33. The highest BCUT2D eigenvalue weighted by molar-refractivity contribution is 9.10. The minimum Gasteiger partial charge on any atom is -0.369 e. The Kier molecular flexibility index (Phi) is 2.44. The normalized spacial score (nSPS) is 9.87. The molecule has 2 aromatic rings. The Hall–Kier alpha value is -1.80. The molecule has 15 heavy (non-hydrogen) atoms. The van der Waals surface area contributed by atoms with E-state index < -0.39 is 0 Å². The number of nitriles is 1. The molecule has 0 aliphatic rings. The number of nitrogens with zero attached hydrogens (tertiary/aromatic N) is 3. The van der Waals surface area contributed by atoms with E-state index in [9.17, 15) is 0 Å². The molecule has 2 rings (SSSR count). The summed E-state index contributed by atoms with van der Waals surface area (Å²) in [4.78, 5) is 4.01. The monoisotopic (exact) mass is 262 g/mol. The van der Waals surface area contributed by atoms with Crippen LogP contribution in [0.5, 0.6) is 0 Å². The average molecular weight is 263 g/mol. The molecule has 1 aromatic carbocycles. The SMILES string of the molecule is N#Cc1ccccc1-n1cc(Br)nc1N.